The number of carbonyl (C=O) groups excluding carboxylic acids is 1. The van der Waals surface area contributed by atoms with Crippen LogP contribution in [-0.4, -0.2) is 39.6 Å². The van der Waals surface area contributed by atoms with Gasteiger partial charge in [-0.15, -0.1) is 5.10 Å². The first kappa shape index (κ1) is 13.7. The first-order chi connectivity index (χ1) is 9.83. The predicted molar refractivity (Wildman–Crippen MR) is 77.9 cm³/mol. The van der Waals surface area contributed by atoms with Crippen LogP contribution in [0.25, 0.3) is 0 Å². The Morgan fingerprint density at radius 2 is 2.45 bits per heavy atom. The molecule has 0 saturated carbocycles. The molecule has 0 radical (unpaired) electrons. The Labute approximate surface area is 125 Å². The van der Waals surface area contributed by atoms with E-state index >= 15 is 0 Å². The van der Waals surface area contributed by atoms with Gasteiger partial charge in [-0.05, 0) is 46.8 Å². The third-order valence-corrected chi connectivity index (χ3v) is 4.50. The topological polar surface area (TPSA) is 55.3 Å². The Balaban J connectivity index is 1.73. The van der Waals surface area contributed by atoms with Crippen LogP contribution in [0.3, 0.4) is 0 Å². The Morgan fingerprint density at radius 1 is 1.50 bits per heavy atom. The summed E-state index contributed by atoms with van der Waals surface area (Å²) in [7, 11) is 0. The smallest absolute Gasteiger partial charge is 0.275 e. The molecule has 2 aromatic heterocycles. The van der Waals surface area contributed by atoms with Crippen LogP contribution >= 0.6 is 22.9 Å². The zero-order valence-electron chi connectivity index (χ0n) is 10.9. The zero-order valence-corrected chi connectivity index (χ0v) is 12.5. The van der Waals surface area contributed by atoms with Crippen LogP contribution in [0.1, 0.15) is 28.9 Å². The highest BCUT2D eigenvalue weighted by Gasteiger charge is 2.24. The van der Waals surface area contributed by atoms with Gasteiger partial charge in [0.15, 0.2) is 5.69 Å². The van der Waals surface area contributed by atoms with E-state index in [1.807, 2.05) is 16.3 Å². The van der Waals surface area contributed by atoms with Crippen molar-refractivity contribution in [2.45, 2.75) is 25.5 Å². The highest BCUT2D eigenvalue weighted by Crippen LogP contribution is 2.18. The minimum Gasteiger partial charge on any atom is -0.376 e. The maximum Gasteiger partial charge on any atom is 0.275 e. The number of amides is 1. The van der Waals surface area contributed by atoms with Crippen LogP contribution in [0, 0.1) is 0 Å². The second-order valence-electron chi connectivity index (χ2n) is 4.74. The first-order valence-corrected chi connectivity index (χ1v) is 8.30. The lowest BCUT2D eigenvalue weighted by Gasteiger charge is -2.24. The average molecular weight is 309 g/mol. The molecule has 3 heterocycles. The Bertz CT molecular complexity index is 536. The van der Waals surface area contributed by atoms with E-state index < -0.39 is 0 Å². The van der Waals surface area contributed by atoms with Gasteiger partial charge in [0.2, 0.25) is 0 Å². The van der Waals surface area contributed by atoms with E-state index in [0.29, 0.717) is 18.8 Å². The van der Waals surface area contributed by atoms with Gasteiger partial charge in [-0.25, -0.2) is 0 Å². The van der Waals surface area contributed by atoms with Gasteiger partial charge in [0.25, 0.3) is 5.91 Å². The molecular weight excluding hydrogens is 294 g/mol. The Morgan fingerprint density at radius 3 is 3.10 bits per heavy atom. The largest absolute Gasteiger partial charge is 0.376 e. The summed E-state index contributed by atoms with van der Waals surface area (Å²) in [6.07, 6.45) is 2.23. The maximum atomic E-state index is 12.5. The number of thiophene rings is 1. The van der Waals surface area contributed by atoms with E-state index in [0.717, 1.165) is 25.0 Å². The summed E-state index contributed by atoms with van der Waals surface area (Å²) in [5, 5.41) is 9.66. The van der Waals surface area contributed by atoms with Gasteiger partial charge in [0.05, 0.1) is 6.10 Å². The van der Waals surface area contributed by atoms with Gasteiger partial charge in [0, 0.05) is 25.1 Å². The minimum atomic E-state index is -0.0690. The lowest BCUT2D eigenvalue weighted by atomic mass is 10.2. The van der Waals surface area contributed by atoms with Crippen molar-refractivity contribution in [3.05, 3.63) is 33.5 Å². The SMILES string of the molecule is O=C(c1csnn1)N(Cc1ccsc1)C[C@H]1CCCO1. The summed E-state index contributed by atoms with van der Waals surface area (Å²) >= 11 is 2.84. The van der Waals surface area contributed by atoms with Crippen molar-refractivity contribution < 1.29 is 9.53 Å². The molecule has 1 atom stereocenters. The van der Waals surface area contributed by atoms with Crippen LogP contribution < -0.4 is 0 Å². The molecule has 1 aliphatic rings. The fourth-order valence-electron chi connectivity index (χ4n) is 2.28. The average Bonchev–Trinajstić information content (AvgIpc) is 3.20. The number of hydrogen-bond acceptors (Lipinski definition) is 6. The molecule has 3 rings (SSSR count). The molecule has 1 saturated heterocycles. The van der Waals surface area contributed by atoms with E-state index in [9.17, 15) is 4.79 Å². The molecular formula is C13H15N3O2S2. The lowest BCUT2D eigenvalue weighted by Crippen LogP contribution is -2.37. The van der Waals surface area contributed by atoms with Gasteiger partial charge in [-0.2, -0.15) is 11.3 Å². The summed E-state index contributed by atoms with van der Waals surface area (Å²) in [4.78, 5) is 14.3. The summed E-state index contributed by atoms with van der Waals surface area (Å²) in [5.74, 6) is -0.0690. The van der Waals surface area contributed by atoms with E-state index in [1.54, 1.807) is 16.7 Å². The van der Waals surface area contributed by atoms with Crippen molar-refractivity contribution in [2.24, 2.45) is 0 Å². The lowest BCUT2D eigenvalue weighted by molar-refractivity contribution is 0.0503. The minimum absolute atomic E-state index is 0.0690. The number of ether oxygens (including phenoxy) is 1. The summed E-state index contributed by atoms with van der Waals surface area (Å²) in [5.41, 5.74) is 1.56. The van der Waals surface area contributed by atoms with E-state index in [4.69, 9.17) is 4.74 Å². The molecule has 0 aliphatic carbocycles. The standard InChI is InChI=1S/C13H15N3O2S2/c17-13(12-9-20-15-14-12)16(6-10-3-5-19-8-10)7-11-2-1-4-18-11/h3,5,8-9,11H,1-2,4,6-7H2/t11-/m1/s1. The molecule has 0 bridgehead atoms. The number of rotatable bonds is 5. The molecule has 106 valence electrons. The predicted octanol–water partition coefficient (Wildman–Crippen LogP) is 2.42. The molecule has 2 aromatic rings. The van der Waals surface area contributed by atoms with Gasteiger partial charge < -0.3 is 9.64 Å². The van der Waals surface area contributed by atoms with Gasteiger partial charge in [-0.3, -0.25) is 4.79 Å². The maximum absolute atomic E-state index is 12.5. The van der Waals surface area contributed by atoms with Crippen LogP contribution in [0.4, 0.5) is 0 Å². The van der Waals surface area contributed by atoms with E-state index in [-0.39, 0.29) is 12.0 Å². The molecule has 0 aromatic carbocycles. The van der Waals surface area contributed by atoms with Crippen molar-refractivity contribution in [2.75, 3.05) is 13.2 Å². The molecule has 0 spiro atoms. The third-order valence-electron chi connectivity index (χ3n) is 3.27. The number of nitrogens with zero attached hydrogens (tertiary/aromatic N) is 3. The molecule has 0 unspecified atom stereocenters. The fourth-order valence-corrected chi connectivity index (χ4v) is 3.37. The van der Waals surface area contributed by atoms with Gasteiger partial charge in [-0.1, -0.05) is 4.49 Å². The monoisotopic (exact) mass is 309 g/mol. The second-order valence-corrected chi connectivity index (χ2v) is 6.13. The third kappa shape index (κ3) is 3.23. The highest BCUT2D eigenvalue weighted by molar-refractivity contribution is 7.08. The molecule has 1 amide bonds. The van der Waals surface area contributed by atoms with Crippen molar-refractivity contribution >= 4 is 28.8 Å². The second kappa shape index (κ2) is 6.43. The van der Waals surface area contributed by atoms with E-state index in [1.165, 1.54) is 11.5 Å². The van der Waals surface area contributed by atoms with Gasteiger partial charge in [0.1, 0.15) is 0 Å². The van der Waals surface area contributed by atoms with Crippen LogP contribution in [0.2, 0.25) is 0 Å². The normalized spacial score (nSPS) is 18.3. The van der Waals surface area contributed by atoms with E-state index in [2.05, 4.69) is 15.0 Å². The van der Waals surface area contributed by atoms with Crippen LogP contribution in [0.15, 0.2) is 22.2 Å². The number of aromatic nitrogens is 2. The first-order valence-electron chi connectivity index (χ1n) is 6.52. The van der Waals surface area contributed by atoms with Gasteiger partial charge >= 0.3 is 0 Å². The quantitative estimate of drug-likeness (QED) is 0.851. The fraction of sp³-hybridized carbons (Fsp3) is 0.462. The molecule has 7 heteroatoms. The summed E-state index contributed by atoms with van der Waals surface area (Å²) < 4.78 is 9.41. The number of carbonyl (C=O) groups is 1. The number of hydrogen-bond donors (Lipinski definition) is 0. The van der Waals surface area contributed by atoms with Crippen molar-refractivity contribution in [1.29, 1.82) is 0 Å². The molecule has 1 aliphatic heterocycles. The Kier molecular flexibility index (Phi) is 4.39. The molecule has 5 nitrogen and oxygen atoms in total. The van der Waals surface area contributed by atoms with Crippen molar-refractivity contribution in [1.82, 2.24) is 14.5 Å². The van der Waals surface area contributed by atoms with Crippen LogP contribution in [0.5, 0.6) is 0 Å². The highest BCUT2D eigenvalue weighted by atomic mass is 32.1. The summed E-state index contributed by atoms with van der Waals surface area (Å²) in [6, 6.07) is 2.04. The molecule has 20 heavy (non-hydrogen) atoms. The van der Waals surface area contributed by atoms with Crippen molar-refractivity contribution in [3.8, 4) is 0 Å². The zero-order chi connectivity index (χ0) is 13.8. The molecule has 1 fully saturated rings. The summed E-state index contributed by atoms with van der Waals surface area (Å²) in [6.45, 7) is 2.01. The van der Waals surface area contributed by atoms with Crippen molar-refractivity contribution in [3.63, 3.8) is 0 Å². The molecule has 0 N–H and O–H groups in total. The Hall–Kier alpha value is -1.31. The van der Waals surface area contributed by atoms with Crippen LogP contribution in [-0.2, 0) is 11.3 Å².